The van der Waals surface area contributed by atoms with Gasteiger partial charge in [0.05, 0.1) is 12.0 Å². The number of hydrogen-bond donors (Lipinski definition) is 1. The van der Waals surface area contributed by atoms with Gasteiger partial charge >= 0.3 is 0 Å². The second-order valence-corrected chi connectivity index (χ2v) is 3.62. The van der Waals surface area contributed by atoms with Crippen LogP contribution in [0.3, 0.4) is 0 Å². The summed E-state index contributed by atoms with van der Waals surface area (Å²) < 4.78 is 4.85. The molecule has 0 saturated carbocycles. The number of carbonyl (C=O) groups is 1. The van der Waals surface area contributed by atoms with E-state index in [0.29, 0.717) is 18.7 Å². The Kier molecular flexibility index (Phi) is 5.07. The maximum absolute atomic E-state index is 11.5. The Morgan fingerprint density at radius 1 is 1.60 bits per heavy atom. The number of amides is 1. The highest BCUT2D eigenvalue weighted by Crippen LogP contribution is 1.98. The molecule has 15 heavy (non-hydrogen) atoms. The van der Waals surface area contributed by atoms with Gasteiger partial charge in [0.1, 0.15) is 0 Å². The molecule has 0 aliphatic heterocycles. The van der Waals surface area contributed by atoms with Crippen molar-refractivity contribution >= 4 is 17.5 Å². The fraction of sp³-hybridized carbons (Fsp3) is 0.400. The van der Waals surface area contributed by atoms with Gasteiger partial charge in [-0.15, -0.1) is 11.6 Å². The van der Waals surface area contributed by atoms with E-state index in [-0.39, 0.29) is 11.3 Å². The first-order chi connectivity index (χ1) is 7.24. The second kappa shape index (κ2) is 6.37. The Morgan fingerprint density at radius 2 is 2.27 bits per heavy atom. The maximum Gasteiger partial charge on any atom is 0.251 e. The number of carbonyl (C=O) groups excluding carboxylic acids is 1. The third-order valence-electron chi connectivity index (χ3n) is 1.77. The van der Waals surface area contributed by atoms with Crippen LogP contribution in [0.4, 0.5) is 0 Å². The summed E-state index contributed by atoms with van der Waals surface area (Å²) in [5.41, 5.74) is 0.575. The van der Waals surface area contributed by atoms with E-state index in [1.165, 1.54) is 0 Å². The molecule has 0 fully saturated rings. The van der Waals surface area contributed by atoms with E-state index >= 15 is 0 Å². The quantitative estimate of drug-likeness (QED) is 0.767. The molecule has 1 rings (SSSR count). The van der Waals surface area contributed by atoms with Gasteiger partial charge in [-0.3, -0.25) is 9.78 Å². The lowest BCUT2D eigenvalue weighted by atomic mass is 10.2. The molecule has 0 aromatic carbocycles. The van der Waals surface area contributed by atoms with Gasteiger partial charge < -0.3 is 10.1 Å². The van der Waals surface area contributed by atoms with Gasteiger partial charge in [0.25, 0.3) is 5.91 Å². The average molecular weight is 229 g/mol. The zero-order valence-corrected chi connectivity index (χ0v) is 9.20. The predicted molar refractivity (Wildman–Crippen MR) is 58.1 cm³/mol. The van der Waals surface area contributed by atoms with Crippen LogP contribution in [0.15, 0.2) is 24.5 Å². The Morgan fingerprint density at radius 3 is 2.87 bits per heavy atom. The topological polar surface area (TPSA) is 51.2 Å². The van der Waals surface area contributed by atoms with Crippen molar-refractivity contribution in [3.05, 3.63) is 30.1 Å². The molecule has 1 unspecified atom stereocenters. The Bertz CT molecular complexity index is 306. The molecule has 0 spiro atoms. The van der Waals surface area contributed by atoms with E-state index in [4.69, 9.17) is 16.3 Å². The normalized spacial score (nSPS) is 12.1. The number of nitrogens with zero attached hydrogens (tertiary/aromatic N) is 1. The molecule has 0 radical (unpaired) electrons. The molecule has 4 nitrogen and oxygen atoms in total. The van der Waals surface area contributed by atoms with Crippen LogP contribution in [-0.2, 0) is 4.74 Å². The van der Waals surface area contributed by atoms with Gasteiger partial charge in [-0.25, -0.2) is 0 Å². The SMILES string of the molecule is COCC(Cl)CNC(=O)c1ccncc1. The van der Waals surface area contributed by atoms with E-state index < -0.39 is 0 Å². The number of alkyl halides is 1. The molecular formula is C10H13ClN2O2. The Balaban J connectivity index is 2.37. The van der Waals surface area contributed by atoms with Crippen LogP contribution in [0.1, 0.15) is 10.4 Å². The molecule has 0 saturated heterocycles. The van der Waals surface area contributed by atoms with Crippen molar-refractivity contribution in [1.82, 2.24) is 10.3 Å². The molecule has 1 aromatic heterocycles. The highest BCUT2D eigenvalue weighted by molar-refractivity contribution is 6.21. The molecule has 1 N–H and O–H groups in total. The van der Waals surface area contributed by atoms with E-state index in [0.717, 1.165) is 0 Å². The number of aromatic nitrogens is 1. The molecular weight excluding hydrogens is 216 g/mol. The van der Waals surface area contributed by atoms with Crippen molar-refractivity contribution in [2.24, 2.45) is 0 Å². The predicted octanol–water partition coefficient (Wildman–Crippen LogP) is 1.07. The van der Waals surface area contributed by atoms with E-state index in [9.17, 15) is 4.79 Å². The summed E-state index contributed by atoms with van der Waals surface area (Å²) in [6.07, 6.45) is 3.14. The number of ether oxygens (including phenoxy) is 1. The van der Waals surface area contributed by atoms with Crippen molar-refractivity contribution < 1.29 is 9.53 Å². The zero-order chi connectivity index (χ0) is 11.1. The van der Waals surface area contributed by atoms with Crippen LogP contribution < -0.4 is 5.32 Å². The highest BCUT2D eigenvalue weighted by atomic mass is 35.5. The molecule has 1 aromatic rings. The summed E-state index contributed by atoms with van der Waals surface area (Å²) in [6, 6.07) is 3.30. The lowest BCUT2D eigenvalue weighted by Gasteiger charge is -2.09. The second-order valence-electron chi connectivity index (χ2n) is 3.00. The van der Waals surface area contributed by atoms with E-state index in [2.05, 4.69) is 10.3 Å². The number of hydrogen-bond acceptors (Lipinski definition) is 3. The van der Waals surface area contributed by atoms with Gasteiger partial charge in [0.15, 0.2) is 0 Å². The van der Waals surface area contributed by atoms with Gasteiger partial charge in [-0.2, -0.15) is 0 Å². The molecule has 1 amide bonds. The number of rotatable bonds is 5. The smallest absolute Gasteiger partial charge is 0.251 e. The molecule has 0 aliphatic carbocycles. The lowest BCUT2D eigenvalue weighted by Crippen LogP contribution is -2.31. The minimum atomic E-state index is -0.208. The van der Waals surface area contributed by atoms with E-state index in [1.807, 2.05) is 0 Å². The van der Waals surface area contributed by atoms with Crippen molar-refractivity contribution in [2.45, 2.75) is 5.38 Å². The number of methoxy groups -OCH3 is 1. The maximum atomic E-state index is 11.5. The van der Waals surface area contributed by atoms with Crippen molar-refractivity contribution in [2.75, 3.05) is 20.3 Å². The fourth-order valence-corrected chi connectivity index (χ4v) is 1.25. The van der Waals surface area contributed by atoms with Gasteiger partial charge in [0.2, 0.25) is 0 Å². The van der Waals surface area contributed by atoms with Crippen molar-refractivity contribution in [3.63, 3.8) is 0 Å². The number of halogens is 1. The fourth-order valence-electron chi connectivity index (χ4n) is 1.05. The summed E-state index contributed by atoms with van der Waals surface area (Å²) >= 11 is 5.86. The van der Waals surface area contributed by atoms with Crippen LogP contribution >= 0.6 is 11.6 Å². The summed E-state index contributed by atoms with van der Waals surface area (Å²) in [5.74, 6) is -0.154. The molecule has 1 atom stereocenters. The minimum absolute atomic E-state index is 0.154. The molecule has 0 aliphatic rings. The zero-order valence-electron chi connectivity index (χ0n) is 8.44. The average Bonchev–Trinajstić information content (AvgIpc) is 2.27. The monoisotopic (exact) mass is 228 g/mol. The largest absolute Gasteiger partial charge is 0.383 e. The summed E-state index contributed by atoms with van der Waals surface area (Å²) in [7, 11) is 1.57. The van der Waals surface area contributed by atoms with Crippen LogP contribution in [0.5, 0.6) is 0 Å². The summed E-state index contributed by atoms with van der Waals surface area (Å²) in [5, 5.41) is 2.50. The standard InChI is InChI=1S/C10H13ClN2O2/c1-15-7-9(11)6-13-10(14)8-2-4-12-5-3-8/h2-5,9H,6-7H2,1H3,(H,13,14). The van der Waals surface area contributed by atoms with Gasteiger partial charge in [-0.05, 0) is 12.1 Å². The molecule has 82 valence electrons. The molecule has 1 heterocycles. The van der Waals surface area contributed by atoms with Crippen LogP contribution in [0, 0.1) is 0 Å². The molecule has 0 bridgehead atoms. The third-order valence-corrected chi connectivity index (χ3v) is 2.05. The van der Waals surface area contributed by atoms with Crippen LogP contribution in [0.25, 0.3) is 0 Å². The summed E-state index contributed by atoms with van der Waals surface area (Å²) in [4.78, 5) is 15.3. The van der Waals surface area contributed by atoms with Gasteiger partial charge in [-0.1, -0.05) is 0 Å². The first-order valence-electron chi connectivity index (χ1n) is 4.55. The highest BCUT2D eigenvalue weighted by Gasteiger charge is 2.08. The van der Waals surface area contributed by atoms with E-state index in [1.54, 1.807) is 31.6 Å². The number of nitrogens with one attached hydrogen (secondary N) is 1. The lowest BCUT2D eigenvalue weighted by molar-refractivity contribution is 0.0949. The van der Waals surface area contributed by atoms with Crippen molar-refractivity contribution in [3.8, 4) is 0 Å². The summed E-state index contributed by atoms with van der Waals surface area (Å²) in [6.45, 7) is 0.800. The number of pyridine rings is 1. The first-order valence-corrected chi connectivity index (χ1v) is 4.99. The Hall–Kier alpha value is -1.13. The van der Waals surface area contributed by atoms with Crippen LogP contribution in [0.2, 0.25) is 0 Å². The molecule has 5 heteroatoms. The van der Waals surface area contributed by atoms with Crippen LogP contribution in [-0.4, -0.2) is 36.5 Å². The van der Waals surface area contributed by atoms with Crippen molar-refractivity contribution in [1.29, 1.82) is 0 Å². The first kappa shape index (κ1) is 11.9. The third kappa shape index (κ3) is 4.27. The van der Waals surface area contributed by atoms with Gasteiger partial charge in [0, 0.05) is 31.6 Å². The minimum Gasteiger partial charge on any atom is -0.383 e. The Labute approximate surface area is 93.6 Å².